The van der Waals surface area contributed by atoms with Gasteiger partial charge in [0.15, 0.2) is 5.58 Å². The van der Waals surface area contributed by atoms with Gasteiger partial charge < -0.3 is 4.42 Å². The monoisotopic (exact) mass is 384 g/mol. The van der Waals surface area contributed by atoms with Gasteiger partial charge in [0.2, 0.25) is 0 Å². The van der Waals surface area contributed by atoms with Gasteiger partial charge in [-0.1, -0.05) is 18.2 Å². The summed E-state index contributed by atoms with van der Waals surface area (Å²) in [6.45, 7) is 0.429. The number of benzene rings is 2. The maximum atomic E-state index is 12.8. The number of hydrogen-bond donors (Lipinski definition) is 1. The van der Waals surface area contributed by atoms with Crippen LogP contribution in [0.5, 0.6) is 0 Å². The summed E-state index contributed by atoms with van der Waals surface area (Å²) in [7, 11) is -2.30. The minimum atomic E-state index is -3.86. The molecule has 0 spiro atoms. The Hall–Kier alpha value is -3.33. The Morgan fingerprint density at radius 3 is 2.74 bits per heavy atom. The van der Waals surface area contributed by atoms with Gasteiger partial charge in [-0.05, 0) is 29.8 Å². The second-order valence-corrected chi connectivity index (χ2v) is 7.71. The van der Waals surface area contributed by atoms with E-state index in [2.05, 4.69) is 9.82 Å². The molecule has 2 heterocycles. The summed E-state index contributed by atoms with van der Waals surface area (Å²) in [6.07, 6.45) is 3.46. The smallest absolute Gasteiger partial charge is 0.408 e. The van der Waals surface area contributed by atoms with Crippen molar-refractivity contribution < 1.29 is 12.8 Å². The van der Waals surface area contributed by atoms with Gasteiger partial charge in [0, 0.05) is 25.5 Å². The lowest BCUT2D eigenvalue weighted by atomic mass is 10.2. The molecule has 2 aromatic carbocycles. The van der Waals surface area contributed by atoms with Crippen molar-refractivity contribution in [2.24, 2.45) is 7.05 Å². The molecule has 0 radical (unpaired) electrons. The molecule has 2 aromatic heterocycles. The Balaban J connectivity index is 1.69. The van der Waals surface area contributed by atoms with Crippen molar-refractivity contribution in [2.75, 3.05) is 4.72 Å². The first kappa shape index (κ1) is 17.1. The van der Waals surface area contributed by atoms with Gasteiger partial charge in [-0.15, -0.1) is 0 Å². The van der Waals surface area contributed by atoms with Crippen molar-refractivity contribution >= 4 is 26.8 Å². The fourth-order valence-corrected chi connectivity index (χ4v) is 3.93. The molecule has 0 bridgehead atoms. The van der Waals surface area contributed by atoms with Crippen LogP contribution in [-0.2, 0) is 23.6 Å². The van der Waals surface area contributed by atoms with Crippen LogP contribution in [0.3, 0.4) is 0 Å². The van der Waals surface area contributed by atoms with Gasteiger partial charge in [-0.2, -0.15) is 5.10 Å². The summed E-state index contributed by atoms with van der Waals surface area (Å²) in [4.78, 5) is 11.6. The number of nitrogens with zero attached hydrogens (tertiary/aromatic N) is 3. The highest BCUT2D eigenvalue weighted by molar-refractivity contribution is 7.92. The summed E-state index contributed by atoms with van der Waals surface area (Å²) in [6, 6.07) is 13.2. The number of sulfonamides is 1. The predicted molar refractivity (Wildman–Crippen MR) is 100 cm³/mol. The lowest BCUT2D eigenvalue weighted by molar-refractivity contribution is 0.527. The molecule has 0 saturated heterocycles. The molecule has 9 heteroatoms. The number of aromatic nitrogens is 3. The fraction of sp³-hybridized carbons (Fsp3) is 0.111. The Bertz CT molecular complexity index is 1270. The van der Waals surface area contributed by atoms with Crippen molar-refractivity contribution in [3.63, 3.8) is 0 Å². The van der Waals surface area contributed by atoms with Gasteiger partial charge >= 0.3 is 5.76 Å². The molecule has 1 N–H and O–H groups in total. The first-order valence-corrected chi connectivity index (χ1v) is 9.60. The first-order valence-electron chi connectivity index (χ1n) is 8.12. The highest BCUT2D eigenvalue weighted by Crippen LogP contribution is 2.23. The van der Waals surface area contributed by atoms with E-state index >= 15 is 0 Å². The highest BCUT2D eigenvalue weighted by Gasteiger charge is 2.18. The molecule has 27 heavy (non-hydrogen) atoms. The summed E-state index contributed by atoms with van der Waals surface area (Å²) in [5, 5.41) is 4.15. The number of aryl methyl sites for hydroxylation is 1. The first-order chi connectivity index (χ1) is 12.9. The van der Waals surface area contributed by atoms with E-state index in [-0.39, 0.29) is 10.5 Å². The molecule has 0 fully saturated rings. The standard InChI is InChI=1S/C18H16N4O4S/c1-21-16-8-7-14(11-17(16)26-18(21)23)27(24,25)20-15-6-3-2-5-13(15)12-22-10-4-9-19-22/h2-11,20H,12H2,1H3. The summed E-state index contributed by atoms with van der Waals surface area (Å²) >= 11 is 0. The Labute approximate surface area is 154 Å². The van der Waals surface area contributed by atoms with E-state index in [1.807, 2.05) is 12.1 Å². The molecule has 0 saturated carbocycles. The summed E-state index contributed by atoms with van der Waals surface area (Å²) < 4.78 is 36.4. The van der Waals surface area contributed by atoms with E-state index in [1.54, 1.807) is 48.4 Å². The lowest BCUT2D eigenvalue weighted by Gasteiger charge is -2.13. The minimum Gasteiger partial charge on any atom is -0.408 e. The van der Waals surface area contributed by atoms with Crippen LogP contribution in [0.25, 0.3) is 11.1 Å². The Kier molecular flexibility index (Phi) is 4.08. The average molecular weight is 384 g/mol. The average Bonchev–Trinajstić information content (AvgIpc) is 3.25. The largest absolute Gasteiger partial charge is 0.419 e. The van der Waals surface area contributed by atoms with Gasteiger partial charge in [-0.25, -0.2) is 13.2 Å². The molecule has 8 nitrogen and oxygen atoms in total. The molecule has 0 atom stereocenters. The number of para-hydroxylation sites is 1. The predicted octanol–water partition coefficient (Wildman–Crippen LogP) is 2.18. The van der Waals surface area contributed by atoms with Gasteiger partial charge in [-0.3, -0.25) is 14.0 Å². The maximum Gasteiger partial charge on any atom is 0.419 e. The van der Waals surface area contributed by atoms with Crippen molar-refractivity contribution in [3.8, 4) is 0 Å². The van der Waals surface area contributed by atoms with Gasteiger partial charge in [0.25, 0.3) is 10.0 Å². The number of nitrogens with one attached hydrogen (secondary N) is 1. The van der Waals surface area contributed by atoms with E-state index < -0.39 is 15.8 Å². The quantitative estimate of drug-likeness (QED) is 0.569. The zero-order valence-corrected chi connectivity index (χ0v) is 15.2. The van der Waals surface area contributed by atoms with Gasteiger partial charge in [0.05, 0.1) is 22.6 Å². The van der Waals surface area contributed by atoms with Crippen molar-refractivity contribution in [2.45, 2.75) is 11.4 Å². The molecule has 138 valence electrons. The van der Waals surface area contributed by atoms with Gasteiger partial charge in [0.1, 0.15) is 0 Å². The van der Waals surface area contributed by atoms with E-state index in [9.17, 15) is 13.2 Å². The van der Waals surface area contributed by atoms with Crippen LogP contribution >= 0.6 is 0 Å². The fourth-order valence-electron chi connectivity index (χ4n) is 2.81. The van der Waals surface area contributed by atoms with Crippen LogP contribution in [0.1, 0.15) is 5.56 Å². The topological polar surface area (TPSA) is 99.1 Å². The minimum absolute atomic E-state index is 0.0123. The van der Waals surface area contributed by atoms with Crippen LogP contribution in [0.15, 0.2) is 75.0 Å². The number of oxazole rings is 1. The zero-order chi connectivity index (χ0) is 19.0. The Morgan fingerprint density at radius 2 is 1.96 bits per heavy atom. The second kappa shape index (κ2) is 6.44. The molecule has 0 amide bonds. The SMILES string of the molecule is Cn1c(=O)oc2cc(S(=O)(=O)Nc3ccccc3Cn3cccn3)ccc21. The molecule has 4 aromatic rings. The Morgan fingerprint density at radius 1 is 1.15 bits per heavy atom. The summed E-state index contributed by atoms with van der Waals surface area (Å²) in [5.74, 6) is -0.544. The molecular weight excluding hydrogens is 368 g/mol. The van der Waals surface area contributed by atoms with E-state index in [4.69, 9.17) is 4.42 Å². The molecule has 4 rings (SSSR count). The third-order valence-corrected chi connectivity index (χ3v) is 5.59. The second-order valence-electron chi connectivity index (χ2n) is 6.02. The molecule has 0 aliphatic heterocycles. The number of rotatable bonds is 5. The molecule has 0 aliphatic carbocycles. The zero-order valence-electron chi connectivity index (χ0n) is 14.4. The third kappa shape index (κ3) is 3.24. The maximum absolute atomic E-state index is 12.8. The number of fused-ring (bicyclic) bond motifs is 1. The third-order valence-electron chi connectivity index (χ3n) is 4.23. The van der Waals surface area contributed by atoms with Crippen LogP contribution < -0.4 is 10.5 Å². The molecule has 0 unspecified atom stereocenters. The van der Waals surface area contributed by atoms with E-state index in [1.165, 1.54) is 16.7 Å². The van der Waals surface area contributed by atoms with Crippen molar-refractivity contribution in [1.82, 2.24) is 14.3 Å². The molecule has 0 aliphatic rings. The lowest BCUT2D eigenvalue weighted by Crippen LogP contribution is -2.15. The van der Waals surface area contributed by atoms with Crippen LogP contribution in [0, 0.1) is 0 Å². The van der Waals surface area contributed by atoms with Crippen LogP contribution in [0.2, 0.25) is 0 Å². The summed E-state index contributed by atoms with van der Waals surface area (Å²) in [5.41, 5.74) is 1.98. The van der Waals surface area contributed by atoms with E-state index in [0.29, 0.717) is 17.7 Å². The van der Waals surface area contributed by atoms with E-state index in [0.717, 1.165) is 5.56 Å². The number of hydrogen-bond acceptors (Lipinski definition) is 5. The molecular formula is C18H16N4O4S. The normalized spacial score (nSPS) is 11.7. The van der Waals surface area contributed by atoms with Crippen LogP contribution in [0.4, 0.5) is 5.69 Å². The highest BCUT2D eigenvalue weighted by atomic mass is 32.2. The van der Waals surface area contributed by atoms with Crippen LogP contribution in [-0.4, -0.2) is 22.8 Å². The number of anilines is 1. The van der Waals surface area contributed by atoms with Crippen molar-refractivity contribution in [1.29, 1.82) is 0 Å². The van der Waals surface area contributed by atoms with Crippen molar-refractivity contribution in [3.05, 3.63) is 77.0 Å².